The number of piperazine rings is 1. The molecule has 3 unspecified atom stereocenters. The molecule has 2 N–H and O–H groups in total. The molecule has 0 aromatic carbocycles. The molecular formula is C16H28N2O5S. The van der Waals surface area contributed by atoms with Crippen LogP contribution in [-0.2, 0) is 19.7 Å². The Bertz CT molecular complexity index is 604. The molecule has 1 saturated heterocycles. The van der Waals surface area contributed by atoms with E-state index in [0.29, 0.717) is 18.9 Å². The number of fused-ring (bicyclic) bond motifs is 2. The van der Waals surface area contributed by atoms with Crippen LogP contribution in [0.4, 0.5) is 0 Å². The fourth-order valence-corrected chi connectivity index (χ4v) is 5.78. The van der Waals surface area contributed by atoms with Crippen molar-refractivity contribution in [3.05, 3.63) is 0 Å². The first-order chi connectivity index (χ1) is 11.0. The number of carbonyl (C=O) groups is 2. The molecule has 2 aliphatic carbocycles. The van der Waals surface area contributed by atoms with Gasteiger partial charge in [0.15, 0.2) is 0 Å². The number of nitrogens with zero attached hydrogens (tertiary/aromatic N) is 1. The van der Waals surface area contributed by atoms with Crippen LogP contribution in [0.1, 0.15) is 40.0 Å². The number of carbonyl (C=O) groups excluding carboxylic acids is 2. The topological polar surface area (TPSA) is 104 Å². The summed E-state index contributed by atoms with van der Waals surface area (Å²) in [6, 6.07) is 0.462. The Morgan fingerprint density at radius 1 is 1.42 bits per heavy atom. The molecule has 7 nitrogen and oxygen atoms in total. The second-order valence-electron chi connectivity index (χ2n) is 7.85. The maximum Gasteiger partial charge on any atom is 0.265 e. The van der Waals surface area contributed by atoms with Crippen LogP contribution in [-0.4, -0.2) is 61.5 Å². The van der Waals surface area contributed by atoms with Gasteiger partial charge in [0, 0.05) is 32.1 Å². The summed E-state index contributed by atoms with van der Waals surface area (Å²) in [5.41, 5.74) is -1.12. The van der Waals surface area contributed by atoms with Crippen LogP contribution in [0.15, 0.2) is 0 Å². The highest BCUT2D eigenvalue weighted by Crippen LogP contribution is 2.64. The van der Waals surface area contributed by atoms with E-state index in [0.717, 1.165) is 32.5 Å². The molecule has 1 amide bonds. The van der Waals surface area contributed by atoms with Gasteiger partial charge in [-0.3, -0.25) is 14.1 Å². The van der Waals surface area contributed by atoms with Gasteiger partial charge in [-0.1, -0.05) is 13.8 Å². The molecule has 24 heavy (non-hydrogen) atoms. The zero-order valence-electron chi connectivity index (χ0n) is 14.6. The Balaban J connectivity index is 0.000000198. The molecule has 138 valence electrons. The number of hydrogen-bond donors (Lipinski definition) is 2. The Morgan fingerprint density at radius 2 is 2.08 bits per heavy atom. The Kier molecular flexibility index (Phi) is 5.42. The van der Waals surface area contributed by atoms with E-state index >= 15 is 0 Å². The molecule has 3 atom stereocenters. The highest BCUT2D eigenvalue weighted by atomic mass is 32.2. The Hall–Kier alpha value is -0.990. The van der Waals surface area contributed by atoms with Crippen molar-refractivity contribution in [2.75, 3.05) is 25.4 Å². The largest absolute Gasteiger partial charge is 0.342 e. The summed E-state index contributed by atoms with van der Waals surface area (Å²) in [6.45, 7) is 8.61. The predicted octanol–water partition coefficient (Wildman–Crippen LogP) is 0.706. The van der Waals surface area contributed by atoms with E-state index in [4.69, 9.17) is 4.55 Å². The van der Waals surface area contributed by atoms with E-state index in [-0.39, 0.29) is 17.1 Å². The van der Waals surface area contributed by atoms with Crippen LogP contribution >= 0.6 is 0 Å². The zero-order valence-corrected chi connectivity index (χ0v) is 15.4. The van der Waals surface area contributed by atoms with Crippen molar-refractivity contribution < 1.29 is 22.6 Å². The summed E-state index contributed by atoms with van der Waals surface area (Å²) in [7, 11) is -4.08. The maximum atomic E-state index is 11.9. The van der Waals surface area contributed by atoms with Gasteiger partial charge >= 0.3 is 0 Å². The highest BCUT2D eigenvalue weighted by molar-refractivity contribution is 7.85. The van der Waals surface area contributed by atoms with Crippen molar-refractivity contribution in [1.29, 1.82) is 0 Å². The number of nitrogens with one attached hydrogen (secondary N) is 1. The summed E-state index contributed by atoms with van der Waals surface area (Å²) in [5.74, 6) is -0.101. The van der Waals surface area contributed by atoms with Gasteiger partial charge in [-0.2, -0.15) is 8.42 Å². The molecule has 3 rings (SSSR count). The first-order valence-electron chi connectivity index (χ1n) is 8.43. The second kappa shape index (κ2) is 6.72. The van der Waals surface area contributed by atoms with Gasteiger partial charge in [-0.05, 0) is 31.1 Å². The van der Waals surface area contributed by atoms with Crippen LogP contribution in [0.2, 0.25) is 0 Å². The van der Waals surface area contributed by atoms with Crippen molar-refractivity contribution >= 4 is 22.3 Å². The highest BCUT2D eigenvalue weighted by Gasteiger charge is 2.65. The van der Waals surface area contributed by atoms with E-state index in [1.165, 1.54) is 0 Å². The number of ketones is 1. The van der Waals surface area contributed by atoms with Gasteiger partial charge < -0.3 is 10.2 Å². The van der Waals surface area contributed by atoms with Gasteiger partial charge in [0.1, 0.15) is 5.78 Å². The third kappa shape index (κ3) is 3.65. The molecule has 2 saturated carbocycles. The minimum absolute atomic E-state index is 0.0152. The van der Waals surface area contributed by atoms with Crippen molar-refractivity contribution in [2.45, 2.75) is 46.1 Å². The molecule has 0 radical (unpaired) electrons. The molecule has 3 aliphatic rings. The van der Waals surface area contributed by atoms with Crippen molar-refractivity contribution in [3.63, 3.8) is 0 Å². The minimum Gasteiger partial charge on any atom is -0.342 e. The zero-order chi connectivity index (χ0) is 18.2. The van der Waals surface area contributed by atoms with Crippen molar-refractivity contribution in [3.8, 4) is 0 Å². The van der Waals surface area contributed by atoms with Crippen LogP contribution < -0.4 is 5.32 Å². The Morgan fingerprint density at radius 3 is 2.46 bits per heavy atom. The molecule has 8 heteroatoms. The molecule has 1 aliphatic heterocycles. The lowest BCUT2D eigenvalue weighted by atomic mass is 9.70. The van der Waals surface area contributed by atoms with E-state index < -0.39 is 21.3 Å². The quantitative estimate of drug-likeness (QED) is 0.567. The average Bonchev–Trinajstić information content (AvgIpc) is 2.80. The van der Waals surface area contributed by atoms with E-state index in [2.05, 4.69) is 12.2 Å². The smallest absolute Gasteiger partial charge is 0.265 e. The van der Waals surface area contributed by atoms with E-state index in [1.807, 2.05) is 13.8 Å². The minimum atomic E-state index is -4.08. The van der Waals surface area contributed by atoms with Crippen LogP contribution in [0.3, 0.4) is 0 Å². The van der Waals surface area contributed by atoms with Crippen LogP contribution in [0.25, 0.3) is 0 Å². The standard InChI is InChI=1S/C10H16O4S.C6H12N2O/c1-9(2)7-3-4-10(9,8(11)5-7)6-15(12,13)14;1-6-4-8(5-9)3-2-7-6/h7H,3-6H2,1-2H3,(H,12,13,14);5-7H,2-4H2,1H3. The third-order valence-corrected chi connectivity index (χ3v) is 6.97. The van der Waals surface area contributed by atoms with Gasteiger partial charge in [0.05, 0.1) is 11.2 Å². The summed E-state index contributed by atoms with van der Waals surface area (Å²) >= 11 is 0. The SMILES string of the molecule is CC1(C)C2CCC1(CS(=O)(=O)O)C(=O)C2.CC1CN(C=O)CCN1. The fourth-order valence-electron chi connectivity index (χ4n) is 4.48. The van der Waals surface area contributed by atoms with Gasteiger partial charge in [-0.15, -0.1) is 0 Å². The molecule has 0 aromatic rings. The molecule has 0 aromatic heterocycles. The van der Waals surface area contributed by atoms with Crippen LogP contribution in [0.5, 0.6) is 0 Å². The summed E-state index contributed by atoms with van der Waals surface area (Å²) < 4.78 is 31.0. The second-order valence-corrected chi connectivity index (χ2v) is 9.30. The van der Waals surface area contributed by atoms with Crippen molar-refractivity contribution in [2.24, 2.45) is 16.7 Å². The maximum absolute atomic E-state index is 11.9. The average molecular weight is 360 g/mol. The number of Topliss-reactive ketones (excluding diaryl/α,β-unsaturated/α-hetero) is 1. The normalized spacial score (nSPS) is 34.7. The first-order valence-corrected chi connectivity index (χ1v) is 10.0. The molecule has 1 heterocycles. The molecule has 3 fully saturated rings. The summed E-state index contributed by atoms with van der Waals surface area (Å²) in [4.78, 5) is 23.9. The van der Waals surface area contributed by atoms with Crippen molar-refractivity contribution in [1.82, 2.24) is 10.2 Å². The summed E-state index contributed by atoms with van der Waals surface area (Å²) in [6.07, 6.45) is 2.89. The number of rotatable bonds is 3. The molecule has 0 spiro atoms. The van der Waals surface area contributed by atoms with Crippen LogP contribution in [0, 0.1) is 16.7 Å². The lowest BCUT2D eigenvalue weighted by Crippen LogP contribution is -2.48. The molecule has 2 bridgehead atoms. The Labute approximate surface area is 143 Å². The van der Waals surface area contributed by atoms with E-state index in [1.54, 1.807) is 4.90 Å². The monoisotopic (exact) mass is 360 g/mol. The van der Waals surface area contributed by atoms with Gasteiger partial charge in [-0.25, -0.2) is 0 Å². The fraction of sp³-hybridized carbons (Fsp3) is 0.875. The molecular weight excluding hydrogens is 332 g/mol. The van der Waals surface area contributed by atoms with E-state index in [9.17, 15) is 18.0 Å². The lowest BCUT2D eigenvalue weighted by molar-refractivity contribution is -0.128. The summed E-state index contributed by atoms with van der Waals surface area (Å²) in [5, 5.41) is 3.25. The van der Waals surface area contributed by atoms with Gasteiger partial charge in [0.2, 0.25) is 6.41 Å². The first kappa shape index (κ1) is 19.3. The lowest BCUT2D eigenvalue weighted by Gasteiger charge is -2.35. The predicted molar refractivity (Wildman–Crippen MR) is 90.1 cm³/mol. The third-order valence-electron chi connectivity index (χ3n) is 6.12. The number of hydrogen-bond acceptors (Lipinski definition) is 5. The van der Waals surface area contributed by atoms with Gasteiger partial charge in [0.25, 0.3) is 10.1 Å². The number of amides is 1.